The molecular formula is C14H21NO4. The second kappa shape index (κ2) is 7.63. The van der Waals surface area contributed by atoms with Gasteiger partial charge in [-0.15, -0.1) is 0 Å². The van der Waals surface area contributed by atoms with Crippen molar-refractivity contribution in [2.75, 3.05) is 33.4 Å². The SMILES string of the molecule is CCOCCN(CC)C(=O)c1ccc(OC)c(O)c1. The van der Waals surface area contributed by atoms with E-state index in [1.54, 1.807) is 17.0 Å². The van der Waals surface area contributed by atoms with E-state index < -0.39 is 0 Å². The van der Waals surface area contributed by atoms with Crippen molar-refractivity contribution < 1.29 is 19.4 Å². The Morgan fingerprint density at radius 1 is 1.37 bits per heavy atom. The van der Waals surface area contributed by atoms with Crippen molar-refractivity contribution in [2.45, 2.75) is 13.8 Å². The van der Waals surface area contributed by atoms with Gasteiger partial charge in [0.1, 0.15) is 0 Å². The van der Waals surface area contributed by atoms with E-state index >= 15 is 0 Å². The van der Waals surface area contributed by atoms with E-state index in [1.165, 1.54) is 13.2 Å². The largest absolute Gasteiger partial charge is 0.504 e. The third-order valence-corrected chi connectivity index (χ3v) is 2.80. The molecule has 0 spiro atoms. The van der Waals surface area contributed by atoms with Crippen LogP contribution in [0.5, 0.6) is 11.5 Å². The van der Waals surface area contributed by atoms with Gasteiger partial charge in [0.15, 0.2) is 11.5 Å². The van der Waals surface area contributed by atoms with Crippen LogP contribution in [0.3, 0.4) is 0 Å². The highest BCUT2D eigenvalue weighted by Gasteiger charge is 2.15. The number of likely N-dealkylation sites (N-methyl/N-ethyl adjacent to an activating group) is 1. The summed E-state index contributed by atoms with van der Waals surface area (Å²) in [6.07, 6.45) is 0. The molecule has 0 atom stereocenters. The summed E-state index contributed by atoms with van der Waals surface area (Å²) in [6, 6.07) is 4.65. The van der Waals surface area contributed by atoms with E-state index in [2.05, 4.69) is 0 Å². The average Bonchev–Trinajstić information content (AvgIpc) is 2.43. The number of phenols is 1. The van der Waals surface area contributed by atoms with Crippen molar-refractivity contribution in [3.63, 3.8) is 0 Å². The van der Waals surface area contributed by atoms with Crippen LogP contribution in [0.1, 0.15) is 24.2 Å². The average molecular weight is 267 g/mol. The van der Waals surface area contributed by atoms with E-state index in [4.69, 9.17) is 9.47 Å². The molecule has 0 aromatic heterocycles. The Bertz CT molecular complexity index is 420. The van der Waals surface area contributed by atoms with Crippen LogP contribution in [0.15, 0.2) is 18.2 Å². The number of nitrogens with zero attached hydrogens (tertiary/aromatic N) is 1. The van der Waals surface area contributed by atoms with Crippen molar-refractivity contribution in [3.05, 3.63) is 23.8 Å². The molecule has 0 aliphatic heterocycles. The van der Waals surface area contributed by atoms with Crippen LogP contribution in [0, 0.1) is 0 Å². The molecule has 0 fully saturated rings. The first-order valence-corrected chi connectivity index (χ1v) is 6.38. The van der Waals surface area contributed by atoms with Crippen LogP contribution < -0.4 is 4.74 Å². The van der Waals surface area contributed by atoms with Crippen LogP contribution in [0.2, 0.25) is 0 Å². The van der Waals surface area contributed by atoms with Crippen LogP contribution in [-0.2, 0) is 4.74 Å². The number of hydrogen-bond donors (Lipinski definition) is 1. The maximum atomic E-state index is 12.2. The molecule has 1 amide bonds. The van der Waals surface area contributed by atoms with Crippen LogP contribution in [0.4, 0.5) is 0 Å². The van der Waals surface area contributed by atoms with Crippen LogP contribution in [0.25, 0.3) is 0 Å². The van der Waals surface area contributed by atoms with Gasteiger partial charge < -0.3 is 19.5 Å². The van der Waals surface area contributed by atoms with Gasteiger partial charge in [-0.05, 0) is 32.0 Å². The number of aromatic hydroxyl groups is 1. The summed E-state index contributed by atoms with van der Waals surface area (Å²) in [5, 5.41) is 9.69. The molecule has 19 heavy (non-hydrogen) atoms. The third-order valence-electron chi connectivity index (χ3n) is 2.80. The van der Waals surface area contributed by atoms with E-state index in [0.29, 0.717) is 37.6 Å². The molecule has 0 unspecified atom stereocenters. The molecule has 0 bridgehead atoms. The van der Waals surface area contributed by atoms with Crippen LogP contribution in [-0.4, -0.2) is 49.3 Å². The minimum Gasteiger partial charge on any atom is -0.504 e. The molecule has 1 N–H and O–H groups in total. The summed E-state index contributed by atoms with van der Waals surface area (Å²) in [5.74, 6) is 0.197. The maximum Gasteiger partial charge on any atom is 0.254 e. The van der Waals surface area contributed by atoms with Crippen molar-refractivity contribution in [3.8, 4) is 11.5 Å². The molecule has 5 nitrogen and oxygen atoms in total. The van der Waals surface area contributed by atoms with Crippen molar-refractivity contribution in [1.29, 1.82) is 0 Å². The molecule has 106 valence electrons. The Kier molecular flexibility index (Phi) is 6.15. The van der Waals surface area contributed by atoms with E-state index in [1.807, 2.05) is 13.8 Å². The second-order valence-electron chi connectivity index (χ2n) is 3.97. The van der Waals surface area contributed by atoms with E-state index in [-0.39, 0.29) is 11.7 Å². The van der Waals surface area contributed by atoms with Gasteiger partial charge in [-0.3, -0.25) is 4.79 Å². The Balaban J connectivity index is 2.76. The van der Waals surface area contributed by atoms with Gasteiger partial charge in [-0.2, -0.15) is 0 Å². The zero-order chi connectivity index (χ0) is 14.3. The molecule has 1 aromatic rings. The zero-order valence-electron chi connectivity index (χ0n) is 11.7. The summed E-state index contributed by atoms with van der Waals surface area (Å²) < 4.78 is 10.2. The maximum absolute atomic E-state index is 12.2. The predicted molar refractivity (Wildman–Crippen MR) is 72.7 cm³/mol. The number of carbonyl (C=O) groups is 1. The molecule has 1 aromatic carbocycles. The number of rotatable bonds is 7. The molecule has 5 heteroatoms. The van der Waals surface area contributed by atoms with Gasteiger partial charge >= 0.3 is 0 Å². The predicted octanol–water partition coefficient (Wildman–Crippen LogP) is 1.90. The Labute approximate surface area is 113 Å². The Hall–Kier alpha value is -1.75. The highest BCUT2D eigenvalue weighted by atomic mass is 16.5. The first-order valence-electron chi connectivity index (χ1n) is 6.38. The molecule has 0 saturated heterocycles. The number of phenolic OH excluding ortho intramolecular Hbond substituents is 1. The minimum atomic E-state index is -0.125. The number of hydrogen-bond acceptors (Lipinski definition) is 4. The lowest BCUT2D eigenvalue weighted by Crippen LogP contribution is -2.33. The fourth-order valence-corrected chi connectivity index (χ4v) is 1.73. The van der Waals surface area contributed by atoms with Gasteiger partial charge in [0.25, 0.3) is 5.91 Å². The number of methoxy groups -OCH3 is 1. The lowest BCUT2D eigenvalue weighted by Gasteiger charge is -2.21. The zero-order valence-corrected chi connectivity index (χ0v) is 11.7. The summed E-state index contributed by atoms with van der Waals surface area (Å²) in [6.45, 7) is 6.11. The lowest BCUT2D eigenvalue weighted by atomic mass is 10.1. The first-order chi connectivity index (χ1) is 9.13. The van der Waals surface area contributed by atoms with Gasteiger partial charge in [0.05, 0.1) is 13.7 Å². The number of amides is 1. The van der Waals surface area contributed by atoms with E-state index in [0.717, 1.165) is 0 Å². The minimum absolute atomic E-state index is 0.0331. The highest BCUT2D eigenvalue weighted by molar-refractivity contribution is 5.94. The summed E-state index contributed by atoms with van der Waals surface area (Å²) in [7, 11) is 1.47. The topological polar surface area (TPSA) is 59.0 Å². The van der Waals surface area contributed by atoms with E-state index in [9.17, 15) is 9.90 Å². The number of ether oxygens (including phenoxy) is 2. The van der Waals surface area contributed by atoms with Crippen molar-refractivity contribution in [2.24, 2.45) is 0 Å². The second-order valence-corrected chi connectivity index (χ2v) is 3.97. The molecule has 0 radical (unpaired) electrons. The standard InChI is InChI=1S/C14H21NO4/c1-4-15(8-9-19-5-2)14(17)11-6-7-13(18-3)12(16)10-11/h6-7,10,16H,4-5,8-9H2,1-3H3. The van der Waals surface area contributed by atoms with Gasteiger partial charge in [0, 0.05) is 25.3 Å². The summed E-state index contributed by atoms with van der Waals surface area (Å²) >= 11 is 0. The fraction of sp³-hybridized carbons (Fsp3) is 0.500. The van der Waals surface area contributed by atoms with Crippen LogP contribution >= 0.6 is 0 Å². The monoisotopic (exact) mass is 267 g/mol. The highest BCUT2D eigenvalue weighted by Crippen LogP contribution is 2.26. The fourth-order valence-electron chi connectivity index (χ4n) is 1.73. The lowest BCUT2D eigenvalue weighted by molar-refractivity contribution is 0.0669. The number of carbonyl (C=O) groups excluding carboxylic acids is 1. The molecular weight excluding hydrogens is 246 g/mol. The third kappa shape index (κ3) is 4.13. The van der Waals surface area contributed by atoms with Crippen molar-refractivity contribution in [1.82, 2.24) is 4.90 Å². The first kappa shape index (κ1) is 15.3. The van der Waals surface area contributed by atoms with Gasteiger partial charge in [0.2, 0.25) is 0 Å². The normalized spacial score (nSPS) is 10.3. The Morgan fingerprint density at radius 3 is 2.63 bits per heavy atom. The van der Waals surface area contributed by atoms with Gasteiger partial charge in [-0.25, -0.2) is 0 Å². The molecule has 0 heterocycles. The summed E-state index contributed by atoms with van der Waals surface area (Å²) in [5.41, 5.74) is 0.441. The molecule has 0 aliphatic carbocycles. The smallest absolute Gasteiger partial charge is 0.254 e. The van der Waals surface area contributed by atoms with Gasteiger partial charge in [-0.1, -0.05) is 0 Å². The number of benzene rings is 1. The molecule has 0 aliphatic rings. The Morgan fingerprint density at radius 2 is 2.11 bits per heavy atom. The van der Waals surface area contributed by atoms with Crippen molar-refractivity contribution >= 4 is 5.91 Å². The summed E-state index contributed by atoms with van der Waals surface area (Å²) in [4.78, 5) is 13.9. The quantitative estimate of drug-likeness (QED) is 0.767. The molecule has 1 rings (SSSR count). The molecule has 0 saturated carbocycles.